The van der Waals surface area contributed by atoms with Crippen molar-refractivity contribution < 1.29 is 5.11 Å². The molecule has 0 saturated carbocycles. The number of hydrogen-bond acceptors (Lipinski definition) is 4. The summed E-state index contributed by atoms with van der Waals surface area (Å²) in [5, 5.41) is 12.8. The van der Waals surface area contributed by atoms with Crippen molar-refractivity contribution >= 4 is 47.4 Å². The van der Waals surface area contributed by atoms with Crippen LogP contribution in [-0.4, -0.2) is 28.7 Å². The second-order valence-electron chi connectivity index (χ2n) is 4.14. The van der Waals surface area contributed by atoms with E-state index in [1.54, 1.807) is 31.3 Å². The molecule has 0 saturated heterocycles. The van der Waals surface area contributed by atoms with Gasteiger partial charge in [0, 0.05) is 18.2 Å². The summed E-state index contributed by atoms with van der Waals surface area (Å²) in [6.07, 6.45) is 3.32. The Bertz CT molecular complexity index is 743. The zero-order valence-electron chi connectivity index (χ0n) is 11.2. The van der Waals surface area contributed by atoms with Gasteiger partial charge in [0.25, 0.3) is 0 Å². The fraction of sp³-hybridized carbons (Fsp3) is 0.143. The first-order chi connectivity index (χ1) is 10.1. The Kier molecular flexibility index (Phi) is 5.36. The quantitative estimate of drug-likeness (QED) is 0.730. The molecule has 21 heavy (non-hydrogen) atoms. The summed E-state index contributed by atoms with van der Waals surface area (Å²) in [5.74, 6) is 0.544. The molecule has 2 rings (SSSR count). The molecule has 0 bridgehead atoms. The number of nitrogens with one attached hydrogen (secondary N) is 2. The molecule has 1 heterocycles. The highest BCUT2D eigenvalue weighted by atomic mass is 35.5. The predicted molar refractivity (Wildman–Crippen MR) is 90.5 cm³/mol. The second kappa shape index (κ2) is 7.04. The maximum Gasteiger partial charge on any atom is 0.201 e. The minimum atomic E-state index is -0.0800. The van der Waals surface area contributed by atoms with Crippen LogP contribution in [-0.2, 0) is 0 Å². The van der Waals surface area contributed by atoms with Crippen LogP contribution in [0.15, 0.2) is 24.3 Å². The first kappa shape index (κ1) is 16.0. The summed E-state index contributed by atoms with van der Waals surface area (Å²) >= 11 is 17.3. The van der Waals surface area contributed by atoms with Gasteiger partial charge in [-0.2, -0.15) is 0 Å². The monoisotopic (exact) mass is 341 g/mol. The Balaban J connectivity index is 2.69. The van der Waals surface area contributed by atoms with E-state index < -0.39 is 0 Å². The lowest BCUT2D eigenvalue weighted by Crippen LogP contribution is -2.01. The fourth-order valence-corrected chi connectivity index (χ4v) is 2.36. The van der Waals surface area contributed by atoms with Crippen LogP contribution in [0, 0.1) is 4.64 Å². The first-order valence-electron chi connectivity index (χ1n) is 6.11. The van der Waals surface area contributed by atoms with Crippen LogP contribution in [0.4, 0.5) is 5.95 Å². The van der Waals surface area contributed by atoms with Gasteiger partial charge >= 0.3 is 0 Å². The summed E-state index contributed by atoms with van der Waals surface area (Å²) < 4.78 is 0.420. The number of nitrogens with zero attached hydrogens (tertiary/aromatic N) is 1. The summed E-state index contributed by atoms with van der Waals surface area (Å²) in [6, 6.07) is 5.31. The van der Waals surface area contributed by atoms with E-state index in [4.69, 9.17) is 40.5 Å². The highest BCUT2D eigenvalue weighted by Crippen LogP contribution is 2.30. The van der Waals surface area contributed by atoms with Gasteiger partial charge in [-0.05, 0) is 12.1 Å². The third-order valence-electron chi connectivity index (χ3n) is 2.79. The Morgan fingerprint density at radius 2 is 2.14 bits per heavy atom. The fourth-order valence-electron chi connectivity index (χ4n) is 1.81. The highest BCUT2D eigenvalue weighted by molar-refractivity contribution is 7.71. The maximum absolute atomic E-state index is 8.96. The van der Waals surface area contributed by atoms with Gasteiger partial charge in [-0.25, -0.2) is 4.98 Å². The van der Waals surface area contributed by atoms with E-state index >= 15 is 0 Å². The molecule has 0 fully saturated rings. The van der Waals surface area contributed by atoms with Crippen LogP contribution in [0.1, 0.15) is 5.56 Å². The molecule has 0 radical (unpaired) electrons. The van der Waals surface area contributed by atoms with E-state index in [1.165, 1.54) is 0 Å². The van der Waals surface area contributed by atoms with Crippen molar-refractivity contribution in [2.75, 3.05) is 19.0 Å². The Hall–Kier alpha value is -1.40. The molecule has 7 heteroatoms. The molecule has 0 amide bonds. The topological polar surface area (TPSA) is 60.9 Å². The van der Waals surface area contributed by atoms with Gasteiger partial charge in [-0.1, -0.05) is 53.6 Å². The number of halogens is 2. The van der Waals surface area contributed by atoms with Gasteiger partial charge in [-0.15, -0.1) is 0 Å². The minimum absolute atomic E-state index is 0.0800. The van der Waals surface area contributed by atoms with E-state index in [9.17, 15) is 0 Å². The van der Waals surface area contributed by atoms with Crippen molar-refractivity contribution in [1.29, 1.82) is 0 Å². The average molecular weight is 342 g/mol. The molecule has 1 aromatic carbocycles. The molecule has 0 unspecified atom stereocenters. The van der Waals surface area contributed by atoms with Crippen LogP contribution in [0.2, 0.25) is 10.0 Å². The predicted octanol–water partition coefficient (Wildman–Crippen LogP) is 4.16. The number of H-pyrrole nitrogens is 1. The summed E-state index contributed by atoms with van der Waals surface area (Å²) in [5.41, 5.74) is 2.28. The molecule has 110 valence electrons. The molecule has 0 aliphatic heterocycles. The van der Waals surface area contributed by atoms with Crippen LogP contribution in [0.25, 0.3) is 17.3 Å². The minimum Gasteiger partial charge on any atom is -0.392 e. The van der Waals surface area contributed by atoms with Gasteiger partial charge < -0.3 is 15.4 Å². The Labute approximate surface area is 137 Å². The smallest absolute Gasteiger partial charge is 0.201 e. The van der Waals surface area contributed by atoms with Gasteiger partial charge in [0.05, 0.1) is 22.3 Å². The highest BCUT2D eigenvalue weighted by Gasteiger charge is 2.10. The van der Waals surface area contributed by atoms with E-state index in [-0.39, 0.29) is 6.61 Å². The molecule has 4 nitrogen and oxygen atoms in total. The molecule has 1 aromatic heterocycles. The number of aromatic nitrogens is 2. The third kappa shape index (κ3) is 3.63. The molecule has 0 atom stereocenters. The van der Waals surface area contributed by atoms with Gasteiger partial charge in [0.2, 0.25) is 5.95 Å². The Morgan fingerprint density at radius 3 is 2.76 bits per heavy atom. The maximum atomic E-state index is 8.96. The van der Waals surface area contributed by atoms with E-state index in [2.05, 4.69) is 15.3 Å². The average Bonchev–Trinajstić information content (AvgIpc) is 2.48. The van der Waals surface area contributed by atoms with Crippen LogP contribution in [0.5, 0.6) is 0 Å². The van der Waals surface area contributed by atoms with E-state index in [0.717, 1.165) is 11.3 Å². The molecular formula is C14H13Cl2N3OS. The number of hydrogen-bond donors (Lipinski definition) is 3. The summed E-state index contributed by atoms with van der Waals surface area (Å²) in [6.45, 7) is -0.0800. The third-order valence-corrected chi connectivity index (χ3v) is 3.84. The Morgan fingerprint density at radius 1 is 1.38 bits per heavy atom. The zero-order chi connectivity index (χ0) is 15.4. The number of aliphatic hydroxyl groups excluding tert-OH is 1. The van der Waals surface area contributed by atoms with E-state index in [0.29, 0.717) is 26.2 Å². The van der Waals surface area contributed by atoms with Crippen molar-refractivity contribution in [3.8, 4) is 11.3 Å². The largest absolute Gasteiger partial charge is 0.392 e. The van der Waals surface area contributed by atoms with Crippen molar-refractivity contribution in [2.24, 2.45) is 0 Å². The molecular weight excluding hydrogens is 329 g/mol. The lowest BCUT2D eigenvalue weighted by molar-refractivity contribution is 0.343. The number of aromatic amines is 1. The summed E-state index contributed by atoms with van der Waals surface area (Å²) in [4.78, 5) is 7.38. The normalized spacial score (nSPS) is 11.0. The van der Waals surface area contributed by atoms with Gasteiger partial charge in [0.1, 0.15) is 4.64 Å². The molecule has 0 aliphatic rings. The standard InChI is InChI=1S/C14H13Cl2N3OS/c1-17-14-18-12(8-4-5-10(15)11(16)7-8)9(3-2-6-20)13(21)19-14/h2-5,7,20H,6H2,1H3,(H2,17,18,19,21)/b3-2+. The zero-order valence-corrected chi connectivity index (χ0v) is 13.5. The van der Waals surface area contributed by atoms with Gasteiger partial charge in [-0.3, -0.25) is 0 Å². The van der Waals surface area contributed by atoms with Crippen molar-refractivity contribution in [2.45, 2.75) is 0 Å². The van der Waals surface area contributed by atoms with E-state index in [1.807, 2.05) is 6.07 Å². The van der Waals surface area contributed by atoms with Crippen LogP contribution < -0.4 is 5.32 Å². The van der Waals surface area contributed by atoms with Gasteiger partial charge in [0.15, 0.2) is 0 Å². The second-order valence-corrected chi connectivity index (χ2v) is 5.34. The van der Waals surface area contributed by atoms with Crippen LogP contribution in [0.3, 0.4) is 0 Å². The summed E-state index contributed by atoms with van der Waals surface area (Å²) in [7, 11) is 1.75. The molecule has 0 spiro atoms. The first-order valence-corrected chi connectivity index (χ1v) is 7.28. The van der Waals surface area contributed by atoms with Crippen LogP contribution >= 0.6 is 35.4 Å². The SMILES string of the molecule is CNc1nc(=S)c(/C=C/CO)c(-c2ccc(Cl)c(Cl)c2)[nH]1. The van der Waals surface area contributed by atoms with Crippen molar-refractivity contribution in [3.05, 3.63) is 44.5 Å². The number of anilines is 1. The molecule has 2 aromatic rings. The number of rotatable bonds is 4. The molecule has 0 aliphatic carbocycles. The van der Waals surface area contributed by atoms with Crippen molar-refractivity contribution in [3.63, 3.8) is 0 Å². The lowest BCUT2D eigenvalue weighted by atomic mass is 10.1. The lowest BCUT2D eigenvalue weighted by Gasteiger charge is -2.10. The number of aliphatic hydroxyl groups is 1. The molecule has 3 N–H and O–H groups in total. The number of benzene rings is 1. The van der Waals surface area contributed by atoms with Crippen molar-refractivity contribution in [1.82, 2.24) is 9.97 Å².